The van der Waals surface area contributed by atoms with Crippen LogP contribution in [0.4, 0.5) is 4.79 Å². The Morgan fingerprint density at radius 2 is 1.80 bits per heavy atom. The van der Waals surface area contributed by atoms with Crippen molar-refractivity contribution in [2.75, 3.05) is 46.9 Å². The molecule has 41 heavy (non-hydrogen) atoms. The third kappa shape index (κ3) is 8.13. The minimum absolute atomic E-state index is 0.0201. The molecule has 2 fully saturated rings. The second-order valence-corrected chi connectivity index (χ2v) is 12.2. The molecule has 9 heteroatoms. The van der Waals surface area contributed by atoms with Crippen molar-refractivity contribution in [3.8, 4) is 5.75 Å². The van der Waals surface area contributed by atoms with Crippen molar-refractivity contribution in [1.29, 1.82) is 0 Å². The number of pyridine rings is 1. The third-order valence-corrected chi connectivity index (χ3v) is 8.79. The molecule has 2 aliphatic rings. The maximum atomic E-state index is 13.9. The number of halogens is 1. The highest BCUT2D eigenvalue weighted by molar-refractivity contribution is 6.30. The SMILES string of the molecule is CC[C@H](COc1cc(Cl)cnc1C1CCN(C(=O)[C@@H](Cc2ccc(C)cc2C)NC(=O)N2CCCC2)CC1)N(C)C. The molecule has 2 atom stereocenters. The van der Waals surface area contributed by atoms with Crippen LogP contribution in [0, 0.1) is 13.8 Å². The van der Waals surface area contributed by atoms with Crippen molar-refractivity contribution in [2.24, 2.45) is 0 Å². The molecule has 8 nitrogen and oxygen atoms in total. The monoisotopic (exact) mass is 583 g/mol. The predicted molar refractivity (Wildman–Crippen MR) is 164 cm³/mol. The molecule has 0 radical (unpaired) electrons. The maximum Gasteiger partial charge on any atom is 0.318 e. The van der Waals surface area contributed by atoms with Crippen LogP contribution in [0.25, 0.3) is 0 Å². The number of amides is 3. The van der Waals surface area contributed by atoms with Gasteiger partial charge in [0.2, 0.25) is 5.91 Å². The van der Waals surface area contributed by atoms with Crippen molar-refractivity contribution in [3.05, 3.63) is 57.9 Å². The van der Waals surface area contributed by atoms with Crippen molar-refractivity contribution < 1.29 is 14.3 Å². The third-order valence-electron chi connectivity index (χ3n) is 8.59. The Balaban J connectivity index is 1.45. The number of carbonyl (C=O) groups excluding carboxylic acids is 2. The molecule has 0 bridgehead atoms. The number of hydrogen-bond acceptors (Lipinski definition) is 5. The summed E-state index contributed by atoms with van der Waals surface area (Å²) in [5.41, 5.74) is 4.31. The van der Waals surface area contributed by atoms with Crippen LogP contribution in [0.1, 0.15) is 67.3 Å². The summed E-state index contributed by atoms with van der Waals surface area (Å²) in [6, 6.07) is 7.68. The number of hydrogen-bond donors (Lipinski definition) is 1. The van der Waals surface area contributed by atoms with E-state index < -0.39 is 6.04 Å². The van der Waals surface area contributed by atoms with Gasteiger partial charge >= 0.3 is 6.03 Å². The summed E-state index contributed by atoms with van der Waals surface area (Å²) in [6.45, 7) is 9.54. The van der Waals surface area contributed by atoms with Crippen LogP contribution >= 0.6 is 11.6 Å². The molecule has 0 saturated carbocycles. The van der Waals surface area contributed by atoms with E-state index >= 15 is 0 Å². The standard InChI is InChI=1S/C32H46ClN5O3/c1-6-27(36(4)5)21-41-29-19-26(33)20-34-30(29)24-11-15-37(16-12-24)31(39)28(35-32(40)38-13-7-8-14-38)18-25-10-9-22(2)17-23(25)3/h9-10,17,19-20,24,27-28H,6-8,11-16,18,21H2,1-5H3,(H,35,40)/t27-,28-/m1/s1. The highest BCUT2D eigenvalue weighted by Gasteiger charge is 2.33. The number of aryl methyl sites for hydroxylation is 2. The average Bonchev–Trinajstić information content (AvgIpc) is 3.49. The number of piperidine rings is 1. The first-order chi connectivity index (χ1) is 19.7. The molecule has 2 aliphatic heterocycles. The molecule has 0 aliphatic carbocycles. The van der Waals surface area contributed by atoms with Gasteiger partial charge < -0.3 is 24.8 Å². The quantitative estimate of drug-likeness (QED) is 0.416. The van der Waals surface area contributed by atoms with Gasteiger partial charge in [-0.05, 0) is 71.2 Å². The van der Waals surface area contributed by atoms with Gasteiger partial charge in [0.15, 0.2) is 0 Å². The lowest BCUT2D eigenvalue weighted by Crippen LogP contribution is -2.54. The molecule has 224 valence electrons. The average molecular weight is 584 g/mol. The largest absolute Gasteiger partial charge is 0.490 e. The molecule has 4 rings (SSSR count). The number of nitrogens with one attached hydrogen (secondary N) is 1. The minimum Gasteiger partial charge on any atom is -0.490 e. The lowest BCUT2D eigenvalue weighted by molar-refractivity contribution is -0.134. The van der Waals surface area contributed by atoms with E-state index in [-0.39, 0.29) is 17.9 Å². The van der Waals surface area contributed by atoms with Crippen LogP contribution in [0.2, 0.25) is 5.02 Å². The summed E-state index contributed by atoms with van der Waals surface area (Å²) in [5, 5.41) is 3.64. The van der Waals surface area contributed by atoms with Crippen LogP contribution in [0.15, 0.2) is 30.5 Å². The van der Waals surface area contributed by atoms with Gasteiger partial charge in [-0.3, -0.25) is 9.78 Å². The summed E-state index contributed by atoms with van der Waals surface area (Å²) in [5.74, 6) is 0.879. The Morgan fingerprint density at radius 3 is 2.44 bits per heavy atom. The summed E-state index contributed by atoms with van der Waals surface area (Å²) in [6.07, 6.45) is 6.71. The van der Waals surface area contributed by atoms with Crippen molar-refractivity contribution in [2.45, 2.75) is 77.3 Å². The fourth-order valence-electron chi connectivity index (χ4n) is 5.92. The molecule has 0 unspecified atom stereocenters. The van der Waals surface area contributed by atoms with Crippen LogP contribution in [-0.4, -0.2) is 90.6 Å². The number of nitrogens with zero attached hydrogens (tertiary/aromatic N) is 4. The number of likely N-dealkylation sites (tertiary alicyclic amines) is 2. The van der Waals surface area contributed by atoms with E-state index in [1.54, 1.807) is 6.20 Å². The Hall–Kier alpha value is -2.84. The smallest absolute Gasteiger partial charge is 0.318 e. The van der Waals surface area contributed by atoms with Crippen molar-refractivity contribution >= 4 is 23.5 Å². The molecule has 0 spiro atoms. The lowest BCUT2D eigenvalue weighted by atomic mass is 9.91. The summed E-state index contributed by atoms with van der Waals surface area (Å²) in [4.78, 5) is 37.5. The summed E-state index contributed by atoms with van der Waals surface area (Å²) >= 11 is 6.30. The fraction of sp³-hybridized carbons (Fsp3) is 0.594. The molecule has 3 heterocycles. The molecule has 1 N–H and O–H groups in total. The Kier molecular flexibility index (Phi) is 10.9. The van der Waals surface area contributed by atoms with Gasteiger partial charge in [0.05, 0.1) is 10.7 Å². The molecule has 1 aromatic heterocycles. The lowest BCUT2D eigenvalue weighted by Gasteiger charge is -2.35. The Morgan fingerprint density at radius 1 is 1.10 bits per heavy atom. The number of likely N-dealkylation sites (N-methyl/N-ethyl adjacent to an activating group) is 1. The zero-order valence-corrected chi connectivity index (χ0v) is 26.0. The van der Waals surface area contributed by atoms with Gasteiger partial charge in [0, 0.05) is 56.8 Å². The summed E-state index contributed by atoms with van der Waals surface area (Å²) < 4.78 is 6.26. The van der Waals surface area contributed by atoms with Crippen LogP contribution in [0.5, 0.6) is 5.75 Å². The second-order valence-electron chi connectivity index (χ2n) is 11.8. The second kappa shape index (κ2) is 14.4. The van der Waals surface area contributed by atoms with E-state index in [0.29, 0.717) is 37.2 Å². The topological polar surface area (TPSA) is 78.0 Å². The number of ether oxygens (including phenoxy) is 1. The van der Waals surface area contributed by atoms with E-state index in [9.17, 15) is 9.59 Å². The predicted octanol–water partition coefficient (Wildman–Crippen LogP) is 5.19. The molecule has 3 amide bonds. The Labute approximate surface area is 250 Å². The molecular formula is C32H46ClN5O3. The zero-order valence-electron chi connectivity index (χ0n) is 25.3. The van der Waals surface area contributed by atoms with Gasteiger partial charge in [-0.1, -0.05) is 42.3 Å². The van der Waals surface area contributed by atoms with E-state index in [0.717, 1.165) is 67.8 Å². The number of urea groups is 1. The minimum atomic E-state index is -0.606. The van der Waals surface area contributed by atoms with Crippen molar-refractivity contribution in [1.82, 2.24) is 25.0 Å². The first kappa shape index (κ1) is 31.1. The first-order valence-corrected chi connectivity index (χ1v) is 15.4. The molecule has 2 aromatic rings. The normalized spacial score (nSPS) is 17.5. The van der Waals surface area contributed by atoms with Gasteiger partial charge in [0.25, 0.3) is 0 Å². The van der Waals surface area contributed by atoms with E-state index in [4.69, 9.17) is 16.3 Å². The van der Waals surface area contributed by atoms with E-state index in [2.05, 4.69) is 68.3 Å². The van der Waals surface area contributed by atoms with Gasteiger partial charge in [-0.25, -0.2) is 4.79 Å². The number of aromatic nitrogens is 1. The molecule has 1 aromatic carbocycles. The number of carbonyl (C=O) groups is 2. The van der Waals surface area contributed by atoms with E-state index in [1.807, 2.05) is 15.9 Å². The Bertz CT molecular complexity index is 1190. The highest BCUT2D eigenvalue weighted by atomic mass is 35.5. The highest BCUT2D eigenvalue weighted by Crippen LogP contribution is 2.34. The zero-order chi connectivity index (χ0) is 29.5. The van der Waals surface area contributed by atoms with Crippen LogP contribution in [0.3, 0.4) is 0 Å². The van der Waals surface area contributed by atoms with Crippen LogP contribution in [-0.2, 0) is 11.2 Å². The van der Waals surface area contributed by atoms with Crippen molar-refractivity contribution in [3.63, 3.8) is 0 Å². The maximum absolute atomic E-state index is 13.9. The summed E-state index contributed by atoms with van der Waals surface area (Å²) in [7, 11) is 4.12. The number of benzene rings is 1. The fourth-order valence-corrected chi connectivity index (χ4v) is 6.07. The van der Waals surface area contributed by atoms with Gasteiger partial charge in [-0.15, -0.1) is 0 Å². The van der Waals surface area contributed by atoms with Gasteiger partial charge in [-0.2, -0.15) is 0 Å². The van der Waals surface area contributed by atoms with Gasteiger partial charge in [0.1, 0.15) is 18.4 Å². The van der Waals surface area contributed by atoms with Crippen LogP contribution < -0.4 is 10.1 Å². The van der Waals surface area contributed by atoms with E-state index in [1.165, 1.54) is 5.56 Å². The molecule has 2 saturated heterocycles. The number of rotatable bonds is 10. The molecular weight excluding hydrogens is 538 g/mol. The first-order valence-electron chi connectivity index (χ1n) is 15.0.